The van der Waals surface area contributed by atoms with Crippen LogP contribution in [0.15, 0.2) is 24.3 Å². The lowest BCUT2D eigenvalue weighted by Crippen LogP contribution is -2.47. The van der Waals surface area contributed by atoms with E-state index in [2.05, 4.69) is 49.2 Å². The van der Waals surface area contributed by atoms with Gasteiger partial charge in [0.05, 0.1) is 11.6 Å². The maximum absolute atomic E-state index is 8.85. The van der Waals surface area contributed by atoms with Gasteiger partial charge in [-0.3, -0.25) is 0 Å². The molecular formula is C15H21N3. The number of benzene rings is 1. The predicted molar refractivity (Wildman–Crippen MR) is 74.7 cm³/mol. The van der Waals surface area contributed by atoms with Gasteiger partial charge in [-0.25, -0.2) is 0 Å². The lowest BCUT2D eigenvalue weighted by molar-refractivity contribution is 0.415. The van der Waals surface area contributed by atoms with Crippen molar-refractivity contribution in [2.75, 3.05) is 18.0 Å². The molecule has 3 nitrogen and oxygen atoms in total. The molecule has 1 atom stereocenters. The molecule has 0 spiro atoms. The van der Waals surface area contributed by atoms with Crippen LogP contribution < -0.4 is 10.2 Å². The number of nitriles is 1. The Morgan fingerprint density at radius 1 is 1.33 bits per heavy atom. The molecule has 0 saturated carbocycles. The number of nitrogens with one attached hydrogen (secondary N) is 1. The largest absolute Gasteiger partial charge is 0.367 e. The summed E-state index contributed by atoms with van der Waals surface area (Å²) in [4.78, 5) is 2.43. The van der Waals surface area contributed by atoms with Crippen LogP contribution in [0.2, 0.25) is 0 Å². The van der Waals surface area contributed by atoms with Crippen LogP contribution in [0, 0.1) is 11.3 Å². The third kappa shape index (κ3) is 2.83. The maximum Gasteiger partial charge on any atom is 0.0991 e. The van der Waals surface area contributed by atoms with Crippen LogP contribution in [0.1, 0.15) is 32.8 Å². The van der Waals surface area contributed by atoms with E-state index in [1.165, 1.54) is 5.69 Å². The van der Waals surface area contributed by atoms with E-state index in [0.29, 0.717) is 6.04 Å². The average molecular weight is 243 g/mol. The van der Waals surface area contributed by atoms with Gasteiger partial charge in [-0.05, 0) is 58.0 Å². The molecule has 1 aliphatic rings. The molecule has 0 radical (unpaired) electrons. The lowest BCUT2D eigenvalue weighted by atomic mass is 10.0. The second kappa shape index (κ2) is 4.99. The average Bonchev–Trinajstić information content (AvgIpc) is 2.48. The Bertz CT molecular complexity index is 442. The zero-order valence-electron chi connectivity index (χ0n) is 11.4. The van der Waals surface area contributed by atoms with E-state index in [1.807, 2.05) is 12.1 Å². The molecule has 0 aromatic heterocycles. The first-order chi connectivity index (χ1) is 8.52. The van der Waals surface area contributed by atoms with Crippen molar-refractivity contribution >= 4 is 5.69 Å². The molecule has 0 amide bonds. The van der Waals surface area contributed by atoms with Gasteiger partial charge in [0.15, 0.2) is 0 Å². The number of rotatable bonds is 1. The van der Waals surface area contributed by atoms with Crippen molar-refractivity contribution in [3.05, 3.63) is 29.8 Å². The second-order valence-corrected chi connectivity index (χ2v) is 5.73. The molecular weight excluding hydrogens is 222 g/mol. The monoisotopic (exact) mass is 243 g/mol. The smallest absolute Gasteiger partial charge is 0.0991 e. The summed E-state index contributed by atoms with van der Waals surface area (Å²) >= 11 is 0. The molecule has 1 aliphatic heterocycles. The first-order valence-corrected chi connectivity index (χ1v) is 6.54. The molecule has 2 rings (SSSR count). The van der Waals surface area contributed by atoms with Crippen LogP contribution in [0.5, 0.6) is 0 Å². The molecule has 96 valence electrons. The second-order valence-electron chi connectivity index (χ2n) is 5.73. The number of hydrogen-bond acceptors (Lipinski definition) is 3. The van der Waals surface area contributed by atoms with Crippen LogP contribution in [-0.4, -0.2) is 24.7 Å². The van der Waals surface area contributed by atoms with Crippen molar-refractivity contribution in [2.24, 2.45) is 0 Å². The van der Waals surface area contributed by atoms with Crippen LogP contribution in [-0.2, 0) is 0 Å². The molecule has 0 aliphatic carbocycles. The summed E-state index contributed by atoms with van der Waals surface area (Å²) in [6, 6.07) is 10.6. The maximum atomic E-state index is 8.85. The molecule has 1 unspecified atom stereocenters. The zero-order chi connectivity index (χ0) is 13.2. The van der Waals surface area contributed by atoms with Gasteiger partial charge in [0.2, 0.25) is 0 Å². The van der Waals surface area contributed by atoms with Crippen LogP contribution in [0.3, 0.4) is 0 Å². The first kappa shape index (κ1) is 12.9. The summed E-state index contributed by atoms with van der Waals surface area (Å²) in [6.07, 6.45) is 1.14. The van der Waals surface area contributed by atoms with Crippen molar-refractivity contribution in [1.82, 2.24) is 5.32 Å². The quantitative estimate of drug-likeness (QED) is 0.823. The molecule has 1 fully saturated rings. The highest BCUT2D eigenvalue weighted by molar-refractivity contribution is 5.51. The Labute approximate surface area is 109 Å². The van der Waals surface area contributed by atoms with Gasteiger partial charge < -0.3 is 10.2 Å². The fourth-order valence-electron chi connectivity index (χ4n) is 2.49. The minimum Gasteiger partial charge on any atom is -0.367 e. The fourth-order valence-corrected chi connectivity index (χ4v) is 2.49. The molecule has 1 aromatic carbocycles. The Kier molecular flexibility index (Phi) is 3.58. The normalized spacial score (nSPS) is 23.2. The SMILES string of the molecule is CC1CCNC(C)(C)CN1c1ccc(C#N)cc1. The van der Waals surface area contributed by atoms with Crippen molar-refractivity contribution in [3.63, 3.8) is 0 Å². The fraction of sp³-hybridized carbons (Fsp3) is 0.533. The predicted octanol–water partition coefficient (Wildman–Crippen LogP) is 2.53. The van der Waals surface area contributed by atoms with E-state index < -0.39 is 0 Å². The molecule has 1 N–H and O–H groups in total. The van der Waals surface area contributed by atoms with Gasteiger partial charge >= 0.3 is 0 Å². The molecule has 1 saturated heterocycles. The molecule has 3 heteroatoms. The Morgan fingerprint density at radius 3 is 2.61 bits per heavy atom. The first-order valence-electron chi connectivity index (χ1n) is 6.54. The molecule has 1 heterocycles. The number of hydrogen-bond donors (Lipinski definition) is 1. The minimum absolute atomic E-state index is 0.124. The Morgan fingerprint density at radius 2 is 2.00 bits per heavy atom. The standard InChI is InChI=1S/C15H21N3/c1-12-8-9-17-15(2,3)11-18(12)14-6-4-13(10-16)5-7-14/h4-7,12,17H,8-9,11H2,1-3H3. The van der Waals surface area contributed by atoms with Crippen LogP contribution >= 0.6 is 0 Å². The van der Waals surface area contributed by atoms with Crippen LogP contribution in [0.4, 0.5) is 5.69 Å². The van der Waals surface area contributed by atoms with E-state index in [0.717, 1.165) is 25.1 Å². The highest BCUT2D eigenvalue weighted by atomic mass is 15.2. The Balaban J connectivity index is 2.25. The van der Waals surface area contributed by atoms with E-state index in [4.69, 9.17) is 5.26 Å². The Hall–Kier alpha value is -1.53. The molecule has 18 heavy (non-hydrogen) atoms. The van der Waals surface area contributed by atoms with Gasteiger partial charge in [-0.1, -0.05) is 0 Å². The van der Waals surface area contributed by atoms with Gasteiger partial charge in [0.25, 0.3) is 0 Å². The summed E-state index contributed by atoms with van der Waals surface area (Å²) in [5.74, 6) is 0. The summed E-state index contributed by atoms with van der Waals surface area (Å²) in [5, 5.41) is 12.4. The summed E-state index contributed by atoms with van der Waals surface area (Å²) in [5.41, 5.74) is 2.05. The van der Waals surface area contributed by atoms with Gasteiger partial charge in [0, 0.05) is 23.8 Å². The van der Waals surface area contributed by atoms with E-state index in [1.54, 1.807) is 0 Å². The summed E-state index contributed by atoms with van der Waals surface area (Å²) in [7, 11) is 0. The molecule has 0 bridgehead atoms. The zero-order valence-corrected chi connectivity index (χ0v) is 11.4. The van der Waals surface area contributed by atoms with Crippen molar-refractivity contribution < 1.29 is 0 Å². The van der Waals surface area contributed by atoms with Crippen molar-refractivity contribution in [1.29, 1.82) is 5.26 Å². The van der Waals surface area contributed by atoms with Gasteiger partial charge in [0.1, 0.15) is 0 Å². The number of nitrogens with zero attached hydrogens (tertiary/aromatic N) is 2. The minimum atomic E-state index is 0.124. The summed E-state index contributed by atoms with van der Waals surface area (Å²) in [6.45, 7) is 8.78. The van der Waals surface area contributed by atoms with E-state index in [-0.39, 0.29) is 5.54 Å². The van der Waals surface area contributed by atoms with Gasteiger partial charge in [-0.2, -0.15) is 5.26 Å². The van der Waals surface area contributed by atoms with Crippen molar-refractivity contribution in [2.45, 2.75) is 38.8 Å². The third-order valence-electron chi connectivity index (χ3n) is 3.59. The van der Waals surface area contributed by atoms with E-state index >= 15 is 0 Å². The lowest BCUT2D eigenvalue weighted by Gasteiger charge is -2.34. The van der Waals surface area contributed by atoms with Crippen molar-refractivity contribution in [3.8, 4) is 6.07 Å². The molecule has 1 aromatic rings. The van der Waals surface area contributed by atoms with Gasteiger partial charge in [-0.15, -0.1) is 0 Å². The summed E-state index contributed by atoms with van der Waals surface area (Å²) < 4.78 is 0. The topological polar surface area (TPSA) is 39.1 Å². The number of anilines is 1. The highest BCUT2D eigenvalue weighted by Crippen LogP contribution is 2.24. The third-order valence-corrected chi connectivity index (χ3v) is 3.59. The van der Waals surface area contributed by atoms with Crippen LogP contribution in [0.25, 0.3) is 0 Å². The van der Waals surface area contributed by atoms with E-state index in [9.17, 15) is 0 Å². The highest BCUT2D eigenvalue weighted by Gasteiger charge is 2.27.